The van der Waals surface area contributed by atoms with E-state index in [1.165, 1.54) is 0 Å². The molecule has 3 heterocycles. The van der Waals surface area contributed by atoms with E-state index >= 15 is 0 Å². The van der Waals surface area contributed by atoms with Gasteiger partial charge in [-0.2, -0.15) is 0 Å². The molecule has 2 bridgehead atoms. The molecule has 0 aromatic heterocycles. The summed E-state index contributed by atoms with van der Waals surface area (Å²) >= 11 is 12.2. The van der Waals surface area contributed by atoms with Gasteiger partial charge in [0.15, 0.2) is 0 Å². The average Bonchev–Trinajstić information content (AvgIpc) is 3.49. The Labute approximate surface area is 233 Å². The van der Waals surface area contributed by atoms with Crippen molar-refractivity contribution in [2.75, 3.05) is 25.6 Å². The first kappa shape index (κ1) is 27.4. The lowest BCUT2D eigenvalue weighted by molar-refractivity contribution is -0.141. The van der Waals surface area contributed by atoms with Gasteiger partial charge in [-0.25, -0.2) is 0 Å². The van der Waals surface area contributed by atoms with Gasteiger partial charge in [0, 0.05) is 42.0 Å². The first-order valence-corrected chi connectivity index (χ1v) is 14.2. The molecule has 1 aromatic carbocycles. The number of benzene rings is 1. The van der Waals surface area contributed by atoms with Crippen LogP contribution in [0.5, 0.6) is 0 Å². The van der Waals surface area contributed by atoms with Gasteiger partial charge in [-0.05, 0) is 42.9 Å². The van der Waals surface area contributed by atoms with Gasteiger partial charge in [0.05, 0.1) is 17.9 Å². The van der Waals surface area contributed by atoms with Crippen LogP contribution in [0, 0.1) is 23.7 Å². The molecule has 10 heteroatoms. The maximum atomic E-state index is 13.9. The molecule has 206 valence electrons. The zero-order chi connectivity index (χ0) is 27.2. The van der Waals surface area contributed by atoms with Crippen molar-refractivity contribution in [2.45, 2.75) is 63.3 Å². The number of hydrogen-bond acceptors (Lipinski definition) is 5. The molecular weight excluding hydrogens is 529 g/mol. The number of nitrogens with zero attached hydrogens (tertiary/aromatic N) is 1. The zero-order valence-corrected chi connectivity index (χ0v) is 23.4. The lowest BCUT2D eigenvalue weighted by Crippen LogP contribution is -2.58. The number of carbonyl (C=O) groups excluding carboxylic acids is 3. The fraction of sp³-hybridized carbons (Fsp3) is 0.607. The number of amides is 3. The number of ether oxygens (including phenoxy) is 2. The topological polar surface area (TPSA) is 97.0 Å². The molecule has 5 rings (SSSR count). The third kappa shape index (κ3) is 4.74. The van der Waals surface area contributed by atoms with E-state index in [-0.39, 0.29) is 23.8 Å². The SMILES string of the molecule is COCCCN1C(=O)[C@H]2C(C(=O)Nc3cc(Cl)cc(Cl)c3)[C@H]3C=CC2(O3)C1C(=O)NC1CCCC(C)C1C. The molecule has 2 N–H and O–H groups in total. The Morgan fingerprint density at radius 2 is 1.89 bits per heavy atom. The second-order valence-electron chi connectivity index (χ2n) is 11.1. The third-order valence-corrected chi connectivity index (χ3v) is 9.27. The molecule has 1 aliphatic carbocycles. The van der Waals surface area contributed by atoms with E-state index in [4.69, 9.17) is 32.7 Å². The van der Waals surface area contributed by atoms with Crippen molar-refractivity contribution in [1.82, 2.24) is 10.2 Å². The van der Waals surface area contributed by atoms with Crippen molar-refractivity contribution in [3.63, 3.8) is 0 Å². The Kier molecular flexibility index (Phi) is 7.80. The third-order valence-electron chi connectivity index (χ3n) is 8.84. The zero-order valence-electron chi connectivity index (χ0n) is 21.9. The van der Waals surface area contributed by atoms with Gasteiger partial charge in [-0.15, -0.1) is 0 Å². The van der Waals surface area contributed by atoms with Crippen LogP contribution in [-0.2, 0) is 23.9 Å². The van der Waals surface area contributed by atoms with Gasteiger partial charge in [-0.1, -0.05) is 62.0 Å². The maximum Gasteiger partial charge on any atom is 0.246 e. The highest BCUT2D eigenvalue weighted by Gasteiger charge is 2.72. The molecule has 3 aliphatic heterocycles. The van der Waals surface area contributed by atoms with Crippen LogP contribution in [0.3, 0.4) is 0 Å². The Balaban J connectivity index is 1.43. The van der Waals surface area contributed by atoms with E-state index in [0.717, 1.165) is 19.3 Å². The summed E-state index contributed by atoms with van der Waals surface area (Å²) < 4.78 is 11.6. The normalized spacial score (nSPS) is 35.4. The Morgan fingerprint density at radius 1 is 1.16 bits per heavy atom. The summed E-state index contributed by atoms with van der Waals surface area (Å²) in [6, 6.07) is 3.95. The van der Waals surface area contributed by atoms with Crippen LogP contribution in [0.4, 0.5) is 5.69 Å². The molecule has 2 saturated heterocycles. The number of halogens is 2. The Hall–Kier alpha value is -2.13. The molecule has 1 spiro atoms. The van der Waals surface area contributed by atoms with Gasteiger partial charge >= 0.3 is 0 Å². The molecule has 3 amide bonds. The summed E-state index contributed by atoms with van der Waals surface area (Å²) in [5.41, 5.74) is -0.762. The van der Waals surface area contributed by atoms with Gasteiger partial charge in [0.2, 0.25) is 17.7 Å². The quantitative estimate of drug-likeness (QED) is 0.367. The number of fused-ring (bicyclic) bond motifs is 1. The van der Waals surface area contributed by atoms with E-state index in [2.05, 4.69) is 24.5 Å². The van der Waals surface area contributed by atoms with Crippen LogP contribution < -0.4 is 10.6 Å². The molecular formula is C28H35Cl2N3O5. The van der Waals surface area contributed by atoms with Crippen molar-refractivity contribution >= 4 is 46.6 Å². The second-order valence-corrected chi connectivity index (χ2v) is 12.0. The van der Waals surface area contributed by atoms with Crippen LogP contribution in [0.25, 0.3) is 0 Å². The second kappa shape index (κ2) is 10.8. The van der Waals surface area contributed by atoms with E-state index in [1.54, 1.807) is 30.2 Å². The molecule has 8 nitrogen and oxygen atoms in total. The average molecular weight is 565 g/mol. The Bertz CT molecular complexity index is 1130. The van der Waals surface area contributed by atoms with Crippen LogP contribution >= 0.6 is 23.2 Å². The van der Waals surface area contributed by atoms with Crippen molar-refractivity contribution in [3.8, 4) is 0 Å². The van der Waals surface area contributed by atoms with Crippen LogP contribution in [0.15, 0.2) is 30.4 Å². The summed E-state index contributed by atoms with van der Waals surface area (Å²) in [6.07, 6.45) is 6.70. The monoisotopic (exact) mass is 563 g/mol. The highest BCUT2D eigenvalue weighted by atomic mass is 35.5. The molecule has 8 atom stereocenters. The molecule has 1 aromatic rings. The summed E-state index contributed by atoms with van der Waals surface area (Å²) in [7, 11) is 1.60. The first-order valence-electron chi connectivity index (χ1n) is 13.4. The van der Waals surface area contributed by atoms with Crippen LogP contribution in [0.1, 0.15) is 39.5 Å². The number of hydrogen-bond donors (Lipinski definition) is 2. The predicted molar refractivity (Wildman–Crippen MR) is 145 cm³/mol. The van der Waals surface area contributed by atoms with E-state index in [9.17, 15) is 14.4 Å². The van der Waals surface area contributed by atoms with Gasteiger partial charge in [-0.3, -0.25) is 14.4 Å². The minimum absolute atomic E-state index is 0.0342. The highest BCUT2D eigenvalue weighted by Crippen LogP contribution is 2.55. The maximum absolute atomic E-state index is 13.9. The molecule has 0 radical (unpaired) electrons. The molecule has 4 aliphatic rings. The van der Waals surface area contributed by atoms with Crippen LogP contribution in [0.2, 0.25) is 10.0 Å². The number of methoxy groups -OCH3 is 1. The molecule has 1 saturated carbocycles. The van der Waals surface area contributed by atoms with Crippen molar-refractivity contribution in [1.29, 1.82) is 0 Å². The number of nitrogens with one attached hydrogen (secondary N) is 2. The smallest absolute Gasteiger partial charge is 0.246 e. The lowest BCUT2D eigenvalue weighted by Gasteiger charge is -2.38. The Morgan fingerprint density at radius 3 is 2.61 bits per heavy atom. The fourth-order valence-electron chi connectivity index (χ4n) is 6.79. The fourth-order valence-corrected chi connectivity index (χ4v) is 7.31. The van der Waals surface area contributed by atoms with Crippen molar-refractivity contribution in [2.24, 2.45) is 23.7 Å². The van der Waals surface area contributed by atoms with Gasteiger partial charge < -0.3 is 25.0 Å². The van der Waals surface area contributed by atoms with Gasteiger partial charge in [0.25, 0.3) is 0 Å². The van der Waals surface area contributed by atoms with E-state index in [0.29, 0.717) is 47.1 Å². The largest absolute Gasteiger partial charge is 0.385 e. The number of rotatable bonds is 8. The van der Waals surface area contributed by atoms with E-state index < -0.39 is 29.6 Å². The molecule has 3 fully saturated rings. The van der Waals surface area contributed by atoms with Crippen molar-refractivity contribution in [3.05, 3.63) is 40.4 Å². The minimum Gasteiger partial charge on any atom is -0.385 e. The predicted octanol–water partition coefficient (Wildman–Crippen LogP) is 4.06. The van der Waals surface area contributed by atoms with E-state index in [1.807, 2.05) is 12.2 Å². The molecule has 38 heavy (non-hydrogen) atoms. The lowest BCUT2D eigenvalue weighted by atomic mass is 9.73. The summed E-state index contributed by atoms with van der Waals surface area (Å²) in [6.45, 7) is 5.17. The molecule has 6 unspecified atom stereocenters. The summed E-state index contributed by atoms with van der Waals surface area (Å²) in [4.78, 5) is 43.0. The van der Waals surface area contributed by atoms with Crippen LogP contribution in [-0.4, -0.2) is 66.7 Å². The van der Waals surface area contributed by atoms with Crippen molar-refractivity contribution < 1.29 is 23.9 Å². The summed E-state index contributed by atoms with van der Waals surface area (Å²) in [5, 5.41) is 6.89. The summed E-state index contributed by atoms with van der Waals surface area (Å²) in [5.74, 6) is -1.60. The number of carbonyl (C=O) groups is 3. The van der Waals surface area contributed by atoms with Gasteiger partial charge in [0.1, 0.15) is 11.6 Å². The number of likely N-dealkylation sites (tertiary alicyclic amines) is 1. The minimum atomic E-state index is -1.20. The standard InChI is InChI=1S/C28H35Cl2N3O5/c1-15-6-4-7-20(16(15)2)32-26(35)24-28-9-8-21(38-28)22(23(28)27(36)33(24)10-5-11-37-3)25(34)31-19-13-17(29)12-18(30)14-19/h8-9,12-16,20-24H,4-7,10-11H2,1-3H3,(H,31,34)(H,32,35)/t15?,16?,20?,21-,22?,23-,24?,28?/m1/s1. The number of anilines is 1. The first-order chi connectivity index (χ1) is 18.2. The highest BCUT2D eigenvalue weighted by molar-refractivity contribution is 6.35.